The normalized spacial score (nSPS) is 10.7. The van der Waals surface area contributed by atoms with Crippen LogP contribution in [0, 0.1) is 19.7 Å². The summed E-state index contributed by atoms with van der Waals surface area (Å²) in [6, 6.07) is 6.45. The summed E-state index contributed by atoms with van der Waals surface area (Å²) in [7, 11) is 1.89. The Bertz CT molecular complexity index is 649. The number of hydrogen-bond donors (Lipinski definition) is 1. The fourth-order valence-corrected chi connectivity index (χ4v) is 2.34. The predicted molar refractivity (Wildman–Crippen MR) is 79.2 cm³/mol. The minimum Gasteiger partial charge on any atom is -0.352 e. The van der Waals surface area contributed by atoms with E-state index in [-0.39, 0.29) is 18.3 Å². The summed E-state index contributed by atoms with van der Waals surface area (Å²) in [4.78, 5) is 11.9. The van der Waals surface area contributed by atoms with Gasteiger partial charge in [0, 0.05) is 31.3 Å². The van der Waals surface area contributed by atoms with Gasteiger partial charge in [0.05, 0.1) is 5.69 Å². The molecule has 2 rings (SSSR count). The molecule has 0 saturated carbocycles. The van der Waals surface area contributed by atoms with E-state index in [2.05, 4.69) is 10.4 Å². The van der Waals surface area contributed by atoms with Crippen molar-refractivity contribution >= 4 is 5.91 Å². The van der Waals surface area contributed by atoms with Crippen LogP contribution in [0.3, 0.4) is 0 Å². The maximum atomic E-state index is 13.4. The fourth-order valence-electron chi connectivity index (χ4n) is 2.34. The molecule has 0 radical (unpaired) electrons. The van der Waals surface area contributed by atoms with E-state index >= 15 is 0 Å². The van der Waals surface area contributed by atoms with Crippen molar-refractivity contribution in [3.8, 4) is 0 Å². The van der Waals surface area contributed by atoms with Crippen molar-refractivity contribution in [3.05, 3.63) is 52.6 Å². The molecule has 2 aromatic rings. The summed E-state index contributed by atoms with van der Waals surface area (Å²) in [5.74, 6) is -0.377. The molecule has 0 aliphatic rings. The van der Waals surface area contributed by atoms with Crippen molar-refractivity contribution in [1.82, 2.24) is 15.1 Å². The number of amides is 1. The molecule has 0 spiro atoms. The number of nitrogens with zero attached hydrogens (tertiary/aromatic N) is 2. The molecule has 0 fully saturated rings. The molecule has 0 aliphatic carbocycles. The van der Waals surface area contributed by atoms with Gasteiger partial charge in [0.1, 0.15) is 5.82 Å². The van der Waals surface area contributed by atoms with Crippen LogP contribution in [0.5, 0.6) is 0 Å². The molecule has 112 valence electrons. The number of nitrogens with one attached hydrogen (secondary N) is 1. The number of halogens is 1. The van der Waals surface area contributed by atoms with Crippen LogP contribution in [0.15, 0.2) is 24.3 Å². The van der Waals surface area contributed by atoms with Gasteiger partial charge in [-0.25, -0.2) is 4.39 Å². The SMILES string of the molecule is Cc1nn(C)c(C)c1CCC(=O)NCc1ccccc1F. The van der Waals surface area contributed by atoms with Crippen molar-refractivity contribution < 1.29 is 9.18 Å². The Hall–Kier alpha value is -2.17. The molecule has 21 heavy (non-hydrogen) atoms. The van der Waals surface area contributed by atoms with Crippen LogP contribution < -0.4 is 5.32 Å². The summed E-state index contributed by atoms with van der Waals surface area (Å²) in [5.41, 5.74) is 3.64. The van der Waals surface area contributed by atoms with Gasteiger partial charge in [-0.05, 0) is 31.9 Å². The number of rotatable bonds is 5. The zero-order valence-electron chi connectivity index (χ0n) is 12.6. The highest BCUT2D eigenvalue weighted by atomic mass is 19.1. The van der Waals surface area contributed by atoms with Crippen molar-refractivity contribution in [2.45, 2.75) is 33.2 Å². The second-order valence-electron chi connectivity index (χ2n) is 5.14. The van der Waals surface area contributed by atoms with E-state index in [0.29, 0.717) is 18.4 Å². The van der Waals surface area contributed by atoms with Gasteiger partial charge in [0.25, 0.3) is 0 Å². The van der Waals surface area contributed by atoms with Gasteiger partial charge < -0.3 is 5.32 Å². The molecule has 4 nitrogen and oxygen atoms in total. The van der Waals surface area contributed by atoms with E-state index in [1.807, 2.05) is 25.6 Å². The third-order valence-corrected chi connectivity index (χ3v) is 3.69. The van der Waals surface area contributed by atoms with E-state index in [4.69, 9.17) is 0 Å². The number of aryl methyl sites for hydroxylation is 2. The number of benzene rings is 1. The molecule has 1 aromatic heterocycles. The smallest absolute Gasteiger partial charge is 0.220 e. The lowest BCUT2D eigenvalue weighted by atomic mass is 10.1. The predicted octanol–water partition coefficient (Wildman–Crippen LogP) is 2.43. The van der Waals surface area contributed by atoms with Gasteiger partial charge >= 0.3 is 0 Å². The summed E-state index contributed by atoms with van der Waals surface area (Å²) >= 11 is 0. The molecular formula is C16H20FN3O. The number of aromatic nitrogens is 2. The topological polar surface area (TPSA) is 46.9 Å². The molecule has 1 aromatic carbocycles. The van der Waals surface area contributed by atoms with Crippen LogP contribution in [0.4, 0.5) is 4.39 Å². The number of carbonyl (C=O) groups excluding carboxylic acids is 1. The average Bonchev–Trinajstić information content (AvgIpc) is 2.69. The molecule has 0 saturated heterocycles. The van der Waals surface area contributed by atoms with Crippen molar-refractivity contribution in [2.24, 2.45) is 7.05 Å². The Balaban J connectivity index is 1.87. The standard InChI is InChI=1S/C16H20FN3O/c1-11-14(12(2)20(3)19-11)8-9-16(21)18-10-13-6-4-5-7-15(13)17/h4-7H,8-10H2,1-3H3,(H,18,21). The molecule has 0 unspecified atom stereocenters. The van der Waals surface area contributed by atoms with Crippen LogP contribution in [-0.2, 0) is 24.8 Å². The summed E-state index contributed by atoms with van der Waals surface area (Å²) in [5, 5.41) is 7.08. The van der Waals surface area contributed by atoms with E-state index in [9.17, 15) is 9.18 Å². The van der Waals surface area contributed by atoms with E-state index < -0.39 is 0 Å². The van der Waals surface area contributed by atoms with E-state index in [1.54, 1.807) is 18.2 Å². The van der Waals surface area contributed by atoms with Crippen LogP contribution in [-0.4, -0.2) is 15.7 Å². The van der Waals surface area contributed by atoms with Crippen LogP contribution >= 0.6 is 0 Å². The first kappa shape index (κ1) is 15.2. The van der Waals surface area contributed by atoms with E-state index in [0.717, 1.165) is 17.0 Å². The summed E-state index contributed by atoms with van der Waals surface area (Å²) in [6.45, 7) is 4.16. The Morgan fingerprint density at radius 3 is 2.67 bits per heavy atom. The lowest BCUT2D eigenvalue weighted by Crippen LogP contribution is -2.23. The van der Waals surface area contributed by atoms with Gasteiger partial charge in [-0.1, -0.05) is 18.2 Å². The number of hydrogen-bond acceptors (Lipinski definition) is 2. The zero-order chi connectivity index (χ0) is 15.4. The highest BCUT2D eigenvalue weighted by molar-refractivity contribution is 5.76. The molecule has 5 heteroatoms. The maximum Gasteiger partial charge on any atom is 0.220 e. The molecule has 1 amide bonds. The third kappa shape index (κ3) is 3.68. The summed E-state index contributed by atoms with van der Waals surface area (Å²) in [6.07, 6.45) is 1.02. The minimum absolute atomic E-state index is 0.0825. The highest BCUT2D eigenvalue weighted by Gasteiger charge is 2.11. The van der Waals surface area contributed by atoms with Crippen LogP contribution in [0.25, 0.3) is 0 Å². The van der Waals surface area contributed by atoms with Crippen molar-refractivity contribution in [2.75, 3.05) is 0 Å². The van der Waals surface area contributed by atoms with Gasteiger partial charge in [-0.2, -0.15) is 5.10 Å². The van der Waals surface area contributed by atoms with Gasteiger partial charge in [-0.3, -0.25) is 9.48 Å². The quantitative estimate of drug-likeness (QED) is 0.919. The van der Waals surface area contributed by atoms with Gasteiger partial charge in [-0.15, -0.1) is 0 Å². The van der Waals surface area contributed by atoms with Gasteiger partial charge in [0.15, 0.2) is 0 Å². The first-order valence-corrected chi connectivity index (χ1v) is 6.98. The van der Waals surface area contributed by atoms with Crippen LogP contribution in [0.2, 0.25) is 0 Å². The molecule has 0 atom stereocenters. The third-order valence-electron chi connectivity index (χ3n) is 3.69. The Morgan fingerprint density at radius 1 is 1.33 bits per heavy atom. The number of carbonyl (C=O) groups is 1. The lowest BCUT2D eigenvalue weighted by molar-refractivity contribution is -0.121. The Labute approximate surface area is 124 Å². The molecule has 0 bridgehead atoms. The minimum atomic E-state index is -0.295. The van der Waals surface area contributed by atoms with Gasteiger partial charge in [0.2, 0.25) is 5.91 Å². The fraction of sp³-hybridized carbons (Fsp3) is 0.375. The van der Waals surface area contributed by atoms with Crippen molar-refractivity contribution in [1.29, 1.82) is 0 Å². The Kier molecular flexibility index (Phi) is 4.73. The highest BCUT2D eigenvalue weighted by Crippen LogP contribution is 2.14. The second-order valence-corrected chi connectivity index (χ2v) is 5.14. The van der Waals surface area contributed by atoms with Crippen molar-refractivity contribution in [3.63, 3.8) is 0 Å². The second kappa shape index (κ2) is 6.52. The molecule has 0 aliphatic heterocycles. The average molecular weight is 289 g/mol. The first-order valence-electron chi connectivity index (χ1n) is 6.98. The zero-order valence-corrected chi connectivity index (χ0v) is 12.6. The first-order chi connectivity index (χ1) is 9.99. The molecule has 1 N–H and O–H groups in total. The Morgan fingerprint density at radius 2 is 2.05 bits per heavy atom. The lowest BCUT2D eigenvalue weighted by Gasteiger charge is -2.06. The maximum absolute atomic E-state index is 13.4. The summed E-state index contributed by atoms with van der Waals surface area (Å²) < 4.78 is 15.3. The van der Waals surface area contributed by atoms with E-state index in [1.165, 1.54) is 6.07 Å². The molecule has 1 heterocycles. The molecular weight excluding hydrogens is 269 g/mol. The monoisotopic (exact) mass is 289 g/mol. The largest absolute Gasteiger partial charge is 0.352 e. The van der Waals surface area contributed by atoms with Crippen LogP contribution in [0.1, 0.15) is 28.9 Å².